The molecule has 1 fully saturated rings. The second-order valence-electron chi connectivity index (χ2n) is 6.31. The van der Waals surface area contributed by atoms with Crippen LogP contribution in [-0.4, -0.2) is 42.4 Å². The van der Waals surface area contributed by atoms with E-state index in [4.69, 9.17) is 11.6 Å². The van der Waals surface area contributed by atoms with Crippen LogP contribution in [0.5, 0.6) is 0 Å². The Hall–Kier alpha value is -1.62. The van der Waals surface area contributed by atoms with Gasteiger partial charge in [-0.1, -0.05) is 17.7 Å². The fourth-order valence-corrected chi connectivity index (χ4v) is 3.33. The minimum absolute atomic E-state index is 0.105. The number of aromatic nitrogens is 1. The van der Waals surface area contributed by atoms with Gasteiger partial charge in [-0.05, 0) is 48.7 Å². The molecule has 1 aromatic heterocycles. The fourth-order valence-electron chi connectivity index (χ4n) is 3.21. The van der Waals surface area contributed by atoms with E-state index in [1.807, 2.05) is 30.5 Å². The van der Waals surface area contributed by atoms with Crippen molar-refractivity contribution in [1.82, 2.24) is 10.3 Å². The van der Waals surface area contributed by atoms with Crippen LogP contribution in [0.1, 0.15) is 24.3 Å². The van der Waals surface area contributed by atoms with Crippen LogP contribution in [0.2, 0.25) is 5.02 Å². The molecule has 0 spiro atoms. The molecule has 1 aliphatic rings. The molecule has 0 bridgehead atoms. The van der Waals surface area contributed by atoms with Crippen molar-refractivity contribution in [3.05, 3.63) is 59.4 Å². The molecule has 0 saturated carbocycles. The van der Waals surface area contributed by atoms with E-state index in [-0.39, 0.29) is 12.5 Å². The van der Waals surface area contributed by atoms with Gasteiger partial charge in [0, 0.05) is 54.7 Å². The van der Waals surface area contributed by atoms with Gasteiger partial charge in [0.15, 0.2) is 0 Å². The summed E-state index contributed by atoms with van der Waals surface area (Å²) in [5.74, 6) is 0.105. The average molecular weight is 346 g/mol. The number of hydrogen-bond donors (Lipinski definition) is 2. The van der Waals surface area contributed by atoms with Crippen LogP contribution in [0.15, 0.2) is 48.8 Å². The number of aliphatic hydroxyl groups is 1. The van der Waals surface area contributed by atoms with Gasteiger partial charge in [-0.3, -0.25) is 4.98 Å². The number of hydrogen-bond acceptors (Lipinski definition) is 4. The van der Waals surface area contributed by atoms with E-state index in [2.05, 4.69) is 27.3 Å². The smallest absolute Gasteiger partial charge is 0.0512 e. The molecule has 1 atom stereocenters. The van der Waals surface area contributed by atoms with Crippen LogP contribution in [0.3, 0.4) is 0 Å². The number of benzene rings is 1. The first kappa shape index (κ1) is 17.2. The Bertz CT molecular complexity index is 612. The Morgan fingerprint density at radius 3 is 2.58 bits per heavy atom. The van der Waals surface area contributed by atoms with E-state index < -0.39 is 0 Å². The fraction of sp³-hybridized carbons (Fsp3) is 0.421. The standard InChI is InChI=1S/C19H24ClN3O/c20-17-3-5-19(6-4-17)23-10-7-18(8-11-23)22-13-16(14-24)15-2-1-9-21-12-15/h1-6,9,12,16,18,22,24H,7-8,10-11,13-14H2. The molecule has 2 N–H and O–H groups in total. The third kappa shape index (κ3) is 4.47. The lowest BCUT2D eigenvalue weighted by atomic mass is 9.99. The van der Waals surface area contributed by atoms with Gasteiger partial charge < -0.3 is 15.3 Å². The van der Waals surface area contributed by atoms with Gasteiger partial charge in [0.25, 0.3) is 0 Å². The largest absolute Gasteiger partial charge is 0.396 e. The number of nitrogens with zero attached hydrogens (tertiary/aromatic N) is 2. The third-order valence-electron chi connectivity index (χ3n) is 4.72. The van der Waals surface area contributed by atoms with Crippen molar-refractivity contribution in [3.63, 3.8) is 0 Å². The molecule has 4 nitrogen and oxygen atoms in total. The second kappa shape index (κ2) is 8.47. The van der Waals surface area contributed by atoms with Gasteiger partial charge in [0.1, 0.15) is 0 Å². The lowest BCUT2D eigenvalue weighted by molar-refractivity contribution is 0.255. The maximum atomic E-state index is 9.64. The predicted octanol–water partition coefficient (Wildman–Crippen LogP) is 3.07. The highest BCUT2D eigenvalue weighted by Crippen LogP contribution is 2.22. The number of nitrogens with one attached hydrogen (secondary N) is 1. The van der Waals surface area contributed by atoms with Crippen LogP contribution in [0.25, 0.3) is 0 Å². The number of pyridine rings is 1. The molecule has 1 unspecified atom stereocenters. The van der Waals surface area contributed by atoms with E-state index in [1.165, 1.54) is 5.69 Å². The number of aliphatic hydroxyl groups excluding tert-OH is 1. The maximum Gasteiger partial charge on any atom is 0.0512 e. The molecule has 1 saturated heterocycles. The number of anilines is 1. The quantitative estimate of drug-likeness (QED) is 0.844. The normalized spacial score (nSPS) is 17.0. The van der Waals surface area contributed by atoms with Crippen LogP contribution < -0.4 is 10.2 Å². The SMILES string of the molecule is OCC(CNC1CCN(c2ccc(Cl)cc2)CC1)c1cccnc1. The molecular formula is C19H24ClN3O. The second-order valence-corrected chi connectivity index (χ2v) is 6.75. The van der Waals surface area contributed by atoms with Crippen LogP contribution in [-0.2, 0) is 0 Å². The molecule has 2 heterocycles. The highest BCUT2D eigenvalue weighted by molar-refractivity contribution is 6.30. The summed E-state index contributed by atoms with van der Waals surface area (Å²) in [6, 6.07) is 12.5. The summed E-state index contributed by atoms with van der Waals surface area (Å²) in [6.45, 7) is 3.00. The molecule has 1 aromatic carbocycles. The van der Waals surface area contributed by atoms with Crippen molar-refractivity contribution in [2.75, 3.05) is 31.1 Å². The minimum atomic E-state index is 0.105. The molecule has 3 rings (SSSR count). The van der Waals surface area contributed by atoms with Crippen LogP contribution in [0, 0.1) is 0 Å². The Kier molecular flexibility index (Phi) is 6.07. The first-order valence-corrected chi connectivity index (χ1v) is 8.88. The van der Waals surface area contributed by atoms with Crippen molar-refractivity contribution in [3.8, 4) is 0 Å². The van der Waals surface area contributed by atoms with Gasteiger partial charge in [0.2, 0.25) is 0 Å². The molecule has 0 amide bonds. The molecule has 0 aliphatic carbocycles. The molecule has 1 aliphatic heterocycles. The lowest BCUT2D eigenvalue weighted by Gasteiger charge is -2.34. The van der Waals surface area contributed by atoms with Gasteiger partial charge in [-0.25, -0.2) is 0 Å². The Labute approximate surface area is 148 Å². The summed E-state index contributed by atoms with van der Waals surface area (Å²) < 4.78 is 0. The monoisotopic (exact) mass is 345 g/mol. The van der Waals surface area contributed by atoms with Gasteiger partial charge in [0.05, 0.1) is 6.61 Å². The summed E-state index contributed by atoms with van der Waals surface area (Å²) >= 11 is 5.96. The highest BCUT2D eigenvalue weighted by Gasteiger charge is 2.20. The summed E-state index contributed by atoms with van der Waals surface area (Å²) in [6.07, 6.45) is 5.81. The molecule has 0 radical (unpaired) electrons. The number of halogens is 1. The Balaban J connectivity index is 1.47. The van der Waals surface area contributed by atoms with E-state index >= 15 is 0 Å². The molecular weight excluding hydrogens is 322 g/mol. The lowest BCUT2D eigenvalue weighted by Crippen LogP contribution is -2.44. The maximum absolute atomic E-state index is 9.64. The number of rotatable bonds is 6. The van der Waals surface area contributed by atoms with Crippen molar-refractivity contribution >= 4 is 17.3 Å². The Morgan fingerprint density at radius 2 is 1.96 bits per heavy atom. The van der Waals surface area contributed by atoms with Gasteiger partial charge in [-0.15, -0.1) is 0 Å². The predicted molar refractivity (Wildman–Crippen MR) is 98.8 cm³/mol. The average Bonchev–Trinajstić information content (AvgIpc) is 2.64. The zero-order valence-corrected chi connectivity index (χ0v) is 14.5. The van der Waals surface area contributed by atoms with Crippen LogP contribution >= 0.6 is 11.6 Å². The molecule has 128 valence electrons. The van der Waals surface area contributed by atoms with Gasteiger partial charge >= 0.3 is 0 Å². The first-order chi connectivity index (χ1) is 11.8. The van der Waals surface area contributed by atoms with Crippen molar-refractivity contribution in [2.24, 2.45) is 0 Å². The van der Waals surface area contributed by atoms with Crippen LogP contribution in [0.4, 0.5) is 5.69 Å². The van der Waals surface area contributed by atoms with Crippen molar-refractivity contribution in [1.29, 1.82) is 0 Å². The molecule has 24 heavy (non-hydrogen) atoms. The van der Waals surface area contributed by atoms with Crippen molar-refractivity contribution in [2.45, 2.75) is 24.8 Å². The first-order valence-electron chi connectivity index (χ1n) is 8.51. The summed E-state index contributed by atoms with van der Waals surface area (Å²) in [7, 11) is 0. The highest BCUT2D eigenvalue weighted by atomic mass is 35.5. The third-order valence-corrected chi connectivity index (χ3v) is 4.97. The number of piperidine rings is 1. The summed E-state index contributed by atoms with van der Waals surface area (Å²) in [4.78, 5) is 6.54. The summed E-state index contributed by atoms with van der Waals surface area (Å²) in [5, 5.41) is 14.0. The minimum Gasteiger partial charge on any atom is -0.396 e. The van der Waals surface area contributed by atoms with E-state index in [1.54, 1.807) is 6.20 Å². The Morgan fingerprint density at radius 1 is 1.21 bits per heavy atom. The molecule has 2 aromatic rings. The van der Waals surface area contributed by atoms with E-state index in [9.17, 15) is 5.11 Å². The summed E-state index contributed by atoms with van der Waals surface area (Å²) in [5.41, 5.74) is 2.33. The topological polar surface area (TPSA) is 48.4 Å². The zero-order chi connectivity index (χ0) is 16.8. The zero-order valence-electron chi connectivity index (χ0n) is 13.7. The van der Waals surface area contributed by atoms with Crippen molar-refractivity contribution < 1.29 is 5.11 Å². The van der Waals surface area contributed by atoms with Gasteiger partial charge in [-0.2, -0.15) is 0 Å². The van der Waals surface area contributed by atoms with E-state index in [0.29, 0.717) is 6.04 Å². The van der Waals surface area contributed by atoms with E-state index in [0.717, 1.165) is 43.1 Å². The molecule has 5 heteroatoms.